The maximum atomic E-state index is 12.2. The third kappa shape index (κ3) is 4.52. The summed E-state index contributed by atoms with van der Waals surface area (Å²) in [6.45, 7) is 0.367. The zero-order valence-electron chi connectivity index (χ0n) is 15.3. The number of esters is 1. The van der Waals surface area contributed by atoms with Gasteiger partial charge in [0.05, 0.1) is 36.1 Å². The van der Waals surface area contributed by atoms with Gasteiger partial charge in [0, 0.05) is 7.05 Å². The molecule has 0 atom stereocenters. The van der Waals surface area contributed by atoms with Crippen LogP contribution in [-0.2, 0) is 24.9 Å². The van der Waals surface area contributed by atoms with Gasteiger partial charge in [-0.15, -0.1) is 0 Å². The van der Waals surface area contributed by atoms with Gasteiger partial charge in [-0.05, 0) is 36.4 Å². The maximum absolute atomic E-state index is 12.2. The van der Waals surface area contributed by atoms with Crippen LogP contribution >= 0.6 is 11.6 Å². The number of carbonyl (C=O) groups is 2. The molecule has 9 heteroatoms. The topological polar surface area (TPSA) is 95.6 Å². The smallest absolute Gasteiger partial charge is 0.337 e. The van der Waals surface area contributed by atoms with E-state index in [9.17, 15) is 9.59 Å². The third-order valence-corrected chi connectivity index (χ3v) is 4.28. The third-order valence-electron chi connectivity index (χ3n) is 3.97. The van der Waals surface area contributed by atoms with Gasteiger partial charge in [-0.2, -0.15) is 5.10 Å². The van der Waals surface area contributed by atoms with Crippen LogP contribution in [0.25, 0.3) is 0 Å². The van der Waals surface area contributed by atoms with Crippen LogP contribution in [0.5, 0.6) is 5.75 Å². The molecule has 2 heterocycles. The number of nitrogens with one attached hydrogen (secondary N) is 1. The van der Waals surface area contributed by atoms with Crippen molar-refractivity contribution >= 4 is 23.5 Å². The number of aromatic nitrogens is 2. The molecule has 0 radical (unpaired) electrons. The first-order valence-electron chi connectivity index (χ1n) is 8.32. The molecule has 0 aliphatic heterocycles. The SMILES string of the molecule is COC(=O)c1ccc(OCc2ccc(C(=O)NCc3c(Cl)cnn3C)o2)cc1. The van der Waals surface area contributed by atoms with Crippen LogP contribution in [0.15, 0.2) is 47.0 Å². The Kier molecular flexibility index (Phi) is 6.00. The van der Waals surface area contributed by atoms with Crippen LogP contribution < -0.4 is 10.1 Å². The summed E-state index contributed by atoms with van der Waals surface area (Å²) >= 11 is 6.01. The Balaban J connectivity index is 1.53. The van der Waals surface area contributed by atoms with Crippen molar-refractivity contribution in [1.82, 2.24) is 15.1 Å². The monoisotopic (exact) mass is 403 g/mol. The Morgan fingerprint density at radius 1 is 1.21 bits per heavy atom. The minimum atomic E-state index is -0.416. The summed E-state index contributed by atoms with van der Waals surface area (Å²) in [5, 5.41) is 7.22. The molecule has 0 spiro atoms. The van der Waals surface area contributed by atoms with Crippen LogP contribution in [0.2, 0.25) is 5.02 Å². The summed E-state index contributed by atoms with van der Waals surface area (Å²) in [6.07, 6.45) is 1.52. The summed E-state index contributed by atoms with van der Waals surface area (Å²) in [7, 11) is 3.07. The van der Waals surface area contributed by atoms with Gasteiger partial charge >= 0.3 is 5.97 Å². The minimum absolute atomic E-state index is 0.137. The van der Waals surface area contributed by atoms with Crippen molar-refractivity contribution in [1.29, 1.82) is 0 Å². The number of hydrogen-bond donors (Lipinski definition) is 1. The van der Waals surface area contributed by atoms with Gasteiger partial charge < -0.3 is 19.2 Å². The normalized spacial score (nSPS) is 10.5. The van der Waals surface area contributed by atoms with Crippen molar-refractivity contribution < 1.29 is 23.5 Å². The first-order chi connectivity index (χ1) is 13.5. The summed E-state index contributed by atoms with van der Waals surface area (Å²) in [5.41, 5.74) is 1.13. The molecule has 3 rings (SSSR count). The molecule has 0 saturated heterocycles. The van der Waals surface area contributed by atoms with Crippen LogP contribution in [0.1, 0.15) is 32.4 Å². The van der Waals surface area contributed by atoms with E-state index in [4.69, 9.17) is 20.8 Å². The molecule has 28 heavy (non-hydrogen) atoms. The Hall–Kier alpha value is -3.26. The molecular formula is C19H18ClN3O5. The highest BCUT2D eigenvalue weighted by molar-refractivity contribution is 6.31. The van der Waals surface area contributed by atoms with Gasteiger partial charge in [-0.25, -0.2) is 4.79 Å². The number of amides is 1. The minimum Gasteiger partial charge on any atom is -0.486 e. The van der Waals surface area contributed by atoms with Crippen LogP contribution in [0.3, 0.4) is 0 Å². The Morgan fingerprint density at radius 3 is 2.61 bits per heavy atom. The van der Waals surface area contributed by atoms with Gasteiger partial charge in [0.15, 0.2) is 5.76 Å². The zero-order chi connectivity index (χ0) is 20.1. The van der Waals surface area contributed by atoms with Gasteiger partial charge in [0.2, 0.25) is 0 Å². The van der Waals surface area contributed by atoms with Crippen molar-refractivity contribution in [2.75, 3.05) is 7.11 Å². The summed E-state index contributed by atoms with van der Waals surface area (Å²) < 4.78 is 17.3. The second-order valence-corrected chi connectivity index (χ2v) is 6.22. The molecule has 0 bridgehead atoms. The lowest BCUT2D eigenvalue weighted by Gasteiger charge is -2.06. The Morgan fingerprint density at radius 2 is 1.96 bits per heavy atom. The largest absolute Gasteiger partial charge is 0.486 e. The number of methoxy groups -OCH3 is 1. The van der Waals surface area contributed by atoms with E-state index in [0.29, 0.717) is 27.8 Å². The summed E-state index contributed by atoms with van der Waals surface area (Å²) in [6, 6.07) is 9.74. The van der Waals surface area contributed by atoms with Gasteiger partial charge in [0.25, 0.3) is 5.91 Å². The predicted molar refractivity (Wildman–Crippen MR) is 100 cm³/mol. The molecule has 2 aromatic heterocycles. The predicted octanol–water partition coefficient (Wildman–Crippen LogP) is 2.96. The summed E-state index contributed by atoms with van der Waals surface area (Å²) in [5.74, 6) is 0.422. The molecule has 1 N–H and O–H groups in total. The zero-order valence-corrected chi connectivity index (χ0v) is 16.0. The number of nitrogens with zero attached hydrogens (tertiary/aromatic N) is 2. The lowest BCUT2D eigenvalue weighted by molar-refractivity contribution is 0.0600. The van der Waals surface area contributed by atoms with Gasteiger partial charge in [-0.1, -0.05) is 11.6 Å². The van der Waals surface area contributed by atoms with Crippen LogP contribution in [-0.4, -0.2) is 28.8 Å². The number of rotatable bonds is 7. The standard InChI is InChI=1S/C19H18ClN3O5/c1-23-16(15(20)9-22-23)10-21-18(24)17-8-7-14(28-17)11-27-13-5-3-12(4-6-13)19(25)26-2/h3-9H,10-11H2,1-2H3,(H,21,24). The number of hydrogen-bond acceptors (Lipinski definition) is 6. The van der Waals surface area contributed by atoms with Gasteiger partial charge in [-0.3, -0.25) is 9.48 Å². The van der Waals surface area contributed by atoms with E-state index in [1.165, 1.54) is 13.3 Å². The van der Waals surface area contributed by atoms with Crippen molar-refractivity contribution in [3.8, 4) is 5.75 Å². The van der Waals surface area contributed by atoms with E-state index in [0.717, 1.165) is 0 Å². The Labute approximate surface area is 166 Å². The lowest BCUT2D eigenvalue weighted by atomic mass is 10.2. The fourth-order valence-corrected chi connectivity index (χ4v) is 2.66. The average molecular weight is 404 g/mol. The summed E-state index contributed by atoms with van der Waals surface area (Å²) in [4.78, 5) is 23.6. The molecule has 1 aromatic carbocycles. The second-order valence-electron chi connectivity index (χ2n) is 5.82. The number of benzene rings is 1. The van der Waals surface area contributed by atoms with Crippen molar-refractivity contribution in [3.63, 3.8) is 0 Å². The number of ether oxygens (including phenoxy) is 2. The highest BCUT2D eigenvalue weighted by atomic mass is 35.5. The molecular weight excluding hydrogens is 386 g/mol. The molecule has 0 aliphatic rings. The first kappa shape index (κ1) is 19.5. The van der Waals surface area contributed by atoms with Crippen LogP contribution in [0, 0.1) is 0 Å². The molecule has 1 amide bonds. The number of halogens is 1. The van der Waals surface area contributed by atoms with E-state index in [1.807, 2.05) is 0 Å². The molecule has 0 aliphatic carbocycles. The first-order valence-corrected chi connectivity index (χ1v) is 8.70. The number of aryl methyl sites for hydroxylation is 1. The van der Waals surface area contributed by atoms with E-state index < -0.39 is 5.97 Å². The fourth-order valence-electron chi connectivity index (χ4n) is 2.42. The maximum Gasteiger partial charge on any atom is 0.337 e. The van der Waals surface area contributed by atoms with Gasteiger partial charge in [0.1, 0.15) is 18.1 Å². The van der Waals surface area contributed by atoms with E-state index in [1.54, 1.807) is 48.1 Å². The van der Waals surface area contributed by atoms with Crippen molar-refractivity contribution in [2.45, 2.75) is 13.2 Å². The Bertz CT molecular complexity index is 958. The molecule has 0 fully saturated rings. The molecule has 0 unspecified atom stereocenters. The number of furan rings is 1. The molecule has 3 aromatic rings. The molecule has 8 nitrogen and oxygen atoms in total. The fraction of sp³-hybridized carbons (Fsp3) is 0.211. The average Bonchev–Trinajstić information content (AvgIpc) is 3.31. The van der Waals surface area contributed by atoms with Crippen molar-refractivity contribution in [2.24, 2.45) is 7.05 Å². The number of carbonyl (C=O) groups excluding carboxylic acids is 2. The van der Waals surface area contributed by atoms with Crippen LogP contribution in [0.4, 0.5) is 0 Å². The van der Waals surface area contributed by atoms with Crippen molar-refractivity contribution in [3.05, 3.63) is 70.4 Å². The highest BCUT2D eigenvalue weighted by Crippen LogP contribution is 2.17. The second kappa shape index (κ2) is 8.62. The lowest BCUT2D eigenvalue weighted by Crippen LogP contribution is -2.23. The molecule has 0 saturated carbocycles. The van der Waals surface area contributed by atoms with E-state index in [-0.39, 0.29) is 24.8 Å². The highest BCUT2D eigenvalue weighted by Gasteiger charge is 2.14. The van der Waals surface area contributed by atoms with E-state index in [2.05, 4.69) is 15.2 Å². The quantitative estimate of drug-likeness (QED) is 0.609. The molecule has 146 valence electrons. The van der Waals surface area contributed by atoms with E-state index >= 15 is 0 Å².